The lowest BCUT2D eigenvalue weighted by molar-refractivity contribution is 0.551. The van der Waals surface area contributed by atoms with Gasteiger partial charge in [0, 0.05) is 12.1 Å². The summed E-state index contributed by atoms with van der Waals surface area (Å²) in [5.41, 5.74) is 2.42. The van der Waals surface area contributed by atoms with Crippen LogP contribution >= 0.6 is 11.6 Å². The summed E-state index contributed by atoms with van der Waals surface area (Å²) in [6, 6.07) is 12.6. The zero-order chi connectivity index (χ0) is 18.7. The minimum Gasteiger partial charge on any atom is -0.306 e. The maximum absolute atomic E-state index is 13.1. The third-order valence-electron chi connectivity index (χ3n) is 4.89. The minimum absolute atomic E-state index is 0.181. The maximum Gasteiger partial charge on any atom is 0.264 e. The van der Waals surface area contributed by atoms with Crippen molar-refractivity contribution in [3.63, 3.8) is 0 Å². The molecule has 0 fully saturated rings. The van der Waals surface area contributed by atoms with E-state index in [9.17, 15) is 8.42 Å². The predicted molar refractivity (Wildman–Crippen MR) is 107 cm³/mol. The molecule has 0 spiro atoms. The van der Waals surface area contributed by atoms with Crippen LogP contribution in [0.3, 0.4) is 0 Å². The molecule has 1 aliphatic heterocycles. The highest BCUT2D eigenvalue weighted by Crippen LogP contribution is 2.40. The first-order chi connectivity index (χ1) is 12.5. The van der Waals surface area contributed by atoms with Gasteiger partial charge < -0.3 is 5.32 Å². The Kier molecular flexibility index (Phi) is 5.90. The molecule has 3 rings (SSSR count). The van der Waals surface area contributed by atoms with Crippen molar-refractivity contribution >= 4 is 27.3 Å². The number of anilines is 1. The smallest absolute Gasteiger partial charge is 0.264 e. The largest absolute Gasteiger partial charge is 0.306 e. The van der Waals surface area contributed by atoms with Crippen LogP contribution in [-0.2, 0) is 10.0 Å². The van der Waals surface area contributed by atoms with Gasteiger partial charge in [0.1, 0.15) is 0 Å². The van der Waals surface area contributed by atoms with Crippen LogP contribution in [0.15, 0.2) is 47.4 Å². The van der Waals surface area contributed by atoms with Crippen molar-refractivity contribution in [2.24, 2.45) is 0 Å². The molecule has 2 aromatic carbocycles. The molecule has 0 radical (unpaired) electrons. The summed E-state index contributed by atoms with van der Waals surface area (Å²) in [5, 5.41) is 4.00. The lowest BCUT2D eigenvalue weighted by atomic mass is 9.96. The van der Waals surface area contributed by atoms with Gasteiger partial charge in [0.15, 0.2) is 0 Å². The summed E-state index contributed by atoms with van der Waals surface area (Å²) in [6.45, 7) is 3.03. The van der Waals surface area contributed by atoms with Crippen molar-refractivity contribution in [3.05, 3.63) is 58.6 Å². The summed E-state index contributed by atoms with van der Waals surface area (Å²) in [6.07, 6.45) is 4.64. The lowest BCUT2D eigenvalue weighted by Gasteiger charge is -2.22. The summed E-state index contributed by atoms with van der Waals surface area (Å²) in [5.74, 6) is 0. The molecule has 0 aromatic heterocycles. The lowest BCUT2D eigenvalue weighted by Crippen LogP contribution is -2.26. The monoisotopic (exact) mass is 392 g/mol. The molecule has 1 aliphatic rings. The zero-order valence-electron chi connectivity index (χ0n) is 15.2. The third-order valence-corrected chi connectivity index (χ3v) is 6.95. The first kappa shape index (κ1) is 19.2. The second-order valence-corrected chi connectivity index (χ2v) is 9.04. The van der Waals surface area contributed by atoms with Gasteiger partial charge in [-0.05, 0) is 42.3 Å². The molecule has 1 heterocycles. The Hall–Kier alpha value is -1.56. The van der Waals surface area contributed by atoms with Crippen LogP contribution in [0.5, 0.6) is 0 Å². The number of halogens is 1. The highest BCUT2D eigenvalue weighted by atomic mass is 35.5. The van der Waals surface area contributed by atoms with Crippen molar-refractivity contribution in [2.45, 2.75) is 43.5 Å². The molecule has 6 heteroatoms. The van der Waals surface area contributed by atoms with Gasteiger partial charge in [-0.25, -0.2) is 8.42 Å². The van der Waals surface area contributed by atoms with Crippen LogP contribution in [0.25, 0.3) is 0 Å². The van der Waals surface area contributed by atoms with E-state index in [2.05, 4.69) is 12.2 Å². The van der Waals surface area contributed by atoms with E-state index < -0.39 is 10.0 Å². The Morgan fingerprint density at radius 1 is 1.08 bits per heavy atom. The number of sulfonamides is 1. The van der Waals surface area contributed by atoms with Crippen LogP contribution in [0.2, 0.25) is 5.02 Å². The number of unbranched alkanes of at least 4 members (excludes halogenated alkanes) is 3. The van der Waals surface area contributed by atoms with Crippen LogP contribution in [0.1, 0.15) is 49.8 Å². The summed E-state index contributed by atoms with van der Waals surface area (Å²) < 4.78 is 27.6. The van der Waals surface area contributed by atoms with E-state index in [0.717, 1.165) is 24.1 Å². The summed E-state index contributed by atoms with van der Waals surface area (Å²) in [7, 11) is -2.06. The van der Waals surface area contributed by atoms with E-state index in [-0.39, 0.29) is 10.9 Å². The number of nitrogens with one attached hydrogen (secondary N) is 1. The highest BCUT2D eigenvalue weighted by molar-refractivity contribution is 7.92. The molecule has 1 atom stereocenters. The Morgan fingerprint density at radius 2 is 1.85 bits per heavy atom. The summed E-state index contributed by atoms with van der Waals surface area (Å²) >= 11 is 6.12. The first-order valence-corrected chi connectivity index (χ1v) is 10.9. The molecular weight excluding hydrogens is 368 g/mol. The second-order valence-electron chi connectivity index (χ2n) is 6.66. The van der Waals surface area contributed by atoms with Crippen LogP contribution in [0, 0.1) is 0 Å². The molecule has 0 aliphatic carbocycles. The highest BCUT2D eigenvalue weighted by Gasteiger charge is 2.34. The first-order valence-electron chi connectivity index (χ1n) is 9.07. The Morgan fingerprint density at radius 3 is 2.62 bits per heavy atom. The van der Waals surface area contributed by atoms with Crippen molar-refractivity contribution in [1.29, 1.82) is 0 Å². The van der Waals surface area contributed by atoms with Gasteiger partial charge in [-0.2, -0.15) is 0 Å². The molecule has 0 saturated heterocycles. The molecule has 26 heavy (non-hydrogen) atoms. The topological polar surface area (TPSA) is 49.4 Å². The van der Waals surface area contributed by atoms with Gasteiger partial charge in [-0.15, -0.1) is 0 Å². The Bertz CT molecular complexity index is 883. The maximum atomic E-state index is 13.1. The molecule has 0 amide bonds. The Balaban J connectivity index is 2.07. The fourth-order valence-corrected chi connectivity index (χ4v) is 5.17. The van der Waals surface area contributed by atoms with Gasteiger partial charge in [-0.3, -0.25) is 4.31 Å². The standard InChI is InChI=1S/C20H25ClN2O2S/c1-3-4-5-8-13-22-20-16-9-6-7-10-18(16)23(2)26(24,25)19-14-15(21)11-12-17(19)20/h6-7,9-12,14,20,22H,3-5,8,13H2,1-2H3. The van der Waals surface area contributed by atoms with E-state index in [1.54, 1.807) is 19.2 Å². The SMILES string of the molecule is CCCCCCNC1c2ccccc2N(C)S(=O)(=O)c2cc(Cl)ccc21. The fourth-order valence-electron chi connectivity index (χ4n) is 3.45. The molecule has 4 nitrogen and oxygen atoms in total. The van der Waals surface area contributed by atoms with E-state index >= 15 is 0 Å². The second kappa shape index (κ2) is 7.99. The van der Waals surface area contributed by atoms with E-state index in [1.165, 1.54) is 23.6 Å². The van der Waals surface area contributed by atoms with E-state index in [1.807, 2.05) is 30.3 Å². The molecule has 140 valence electrons. The molecule has 1 N–H and O–H groups in total. The van der Waals surface area contributed by atoms with Gasteiger partial charge in [-0.1, -0.05) is 62.1 Å². The van der Waals surface area contributed by atoms with Crippen molar-refractivity contribution < 1.29 is 8.42 Å². The normalized spacial score (nSPS) is 18.1. The Labute approximate surface area is 161 Å². The number of rotatable bonds is 6. The average molecular weight is 393 g/mol. The van der Waals surface area contributed by atoms with Crippen molar-refractivity contribution in [2.75, 3.05) is 17.9 Å². The van der Waals surface area contributed by atoms with Gasteiger partial charge >= 0.3 is 0 Å². The molecule has 0 bridgehead atoms. The number of fused-ring (bicyclic) bond motifs is 2. The molecule has 2 aromatic rings. The van der Waals surface area contributed by atoms with Gasteiger partial charge in [0.25, 0.3) is 10.0 Å². The van der Waals surface area contributed by atoms with Crippen LogP contribution in [-0.4, -0.2) is 22.0 Å². The van der Waals surface area contributed by atoms with Gasteiger partial charge in [0.05, 0.1) is 16.6 Å². The average Bonchev–Trinajstić information content (AvgIpc) is 2.70. The van der Waals surface area contributed by atoms with Crippen molar-refractivity contribution in [1.82, 2.24) is 5.32 Å². The number of nitrogens with zero attached hydrogens (tertiary/aromatic N) is 1. The third kappa shape index (κ3) is 3.61. The van der Waals surface area contributed by atoms with E-state index in [0.29, 0.717) is 10.7 Å². The number of hydrogen-bond acceptors (Lipinski definition) is 3. The van der Waals surface area contributed by atoms with Gasteiger partial charge in [0.2, 0.25) is 0 Å². The molecular formula is C20H25ClN2O2S. The molecule has 0 saturated carbocycles. The predicted octanol–water partition coefficient (Wildman–Crippen LogP) is 4.74. The number of para-hydroxylation sites is 1. The van der Waals surface area contributed by atoms with Crippen LogP contribution in [0.4, 0.5) is 5.69 Å². The quantitative estimate of drug-likeness (QED) is 0.722. The summed E-state index contributed by atoms with van der Waals surface area (Å²) in [4.78, 5) is 0.273. The fraction of sp³-hybridized carbons (Fsp3) is 0.400. The minimum atomic E-state index is -3.66. The van der Waals surface area contributed by atoms with Crippen molar-refractivity contribution in [3.8, 4) is 0 Å². The number of benzene rings is 2. The van der Waals surface area contributed by atoms with E-state index in [4.69, 9.17) is 11.6 Å². The number of hydrogen-bond donors (Lipinski definition) is 1. The molecule has 1 unspecified atom stereocenters. The van der Waals surface area contributed by atoms with Crippen LogP contribution < -0.4 is 9.62 Å². The zero-order valence-corrected chi connectivity index (χ0v) is 16.8.